The van der Waals surface area contributed by atoms with Gasteiger partial charge in [0.1, 0.15) is 24.1 Å². The summed E-state index contributed by atoms with van der Waals surface area (Å²) in [6.45, 7) is 0. The lowest BCUT2D eigenvalue weighted by Crippen LogP contribution is -2.18. The van der Waals surface area contributed by atoms with E-state index in [0.717, 1.165) is 11.1 Å². The van der Waals surface area contributed by atoms with Crippen LogP contribution in [-0.4, -0.2) is 35.2 Å². The molecule has 0 fully saturated rings. The minimum atomic E-state index is -3.67. The second-order valence-electron chi connectivity index (χ2n) is 7.49. The quantitative estimate of drug-likeness (QED) is 0.367. The first-order valence-corrected chi connectivity index (χ1v) is 11.8. The molecule has 0 bridgehead atoms. The third-order valence-corrected chi connectivity index (χ3v) is 7.02. The molecule has 0 saturated carbocycles. The van der Waals surface area contributed by atoms with Crippen LogP contribution in [0.15, 0.2) is 93.8 Å². The van der Waals surface area contributed by atoms with Crippen molar-refractivity contribution in [2.45, 2.75) is 10.6 Å². The molecule has 0 unspecified atom stereocenters. The number of ether oxygens (including phenoxy) is 1. The highest BCUT2D eigenvalue weighted by Gasteiger charge is 2.19. The zero-order valence-electron chi connectivity index (χ0n) is 18.0. The molecule has 3 heterocycles. The molecule has 0 N–H and O–H groups in total. The third-order valence-electron chi connectivity index (χ3n) is 5.37. The van der Waals surface area contributed by atoms with Gasteiger partial charge < -0.3 is 9.26 Å². The van der Waals surface area contributed by atoms with Crippen LogP contribution in [0.5, 0.6) is 5.75 Å². The molecule has 34 heavy (non-hydrogen) atoms. The van der Waals surface area contributed by atoms with Gasteiger partial charge in [0.05, 0.1) is 28.9 Å². The van der Waals surface area contributed by atoms with Crippen molar-refractivity contribution in [3.63, 3.8) is 0 Å². The number of hydrogen-bond donors (Lipinski definition) is 0. The summed E-state index contributed by atoms with van der Waals surface area (Å²) >= 11 is 0. The molecular formula is C24H18N4O5S. The second kappa shape index (κ2) is 8.56. The number of benzene rings is 2. The van der Waals surface area contributed by atoms with Crippen molar-refractivity contribution in [3.8, 4) is 22.6 Å². The summed E-state index contributed by atoms with van der Waals surface area (Å²) in [5.74, 6) is 0.196. The summed E-state index contributed by atoms with van der Waals surface area (Å²) in [5.41, 5.74) is 2.65. The van der Waals surface area contributed by atoms with Crippen LogP contribution in [-0.2, 0) is 15.6 Å². The van der Waals surface area contributed by atoms with Crippen molar-refractivity contribution in [2.75, 3.05) is 7.11 Å². The van der Waals surface area contributed by atoms with Crippen molar-refractivity contribution in [3.05, 3.63) is 95.6 Å². The highest BCUT2D eigenvalue weighted by Crippen LogP contribution is 2.31. The van der Waals surface area contributed by atoms with Gasteiger partial charge in [0.15, 0.2) is 9.84 Å². The maximum Gasteiger partial charge on any atom is 0.255 e. The summed E-state index contributed by atoms with van der Waals surface area (Å²) in [4.78, 5) is 21.2. The van der Waals surface area contributed by atoms with Gasteiger partial charge in [-0.3, -0.25) is 9.36 Å². The van der Waals surface area contributed by atoms with E-state index in [4.69, 9.17) is 9.26 Å². The number of hydrogen-bond acceptors (Lipinski definition) is 8. The van der Waals surface area contributed by atoms with E-state index in [1.165, 1.54) is 42.5 Å². The van der Waals surface area contributed by atoms with Crippen LogP contribution < -0.4 is 10.3 Å². The van der Waals surface area contributed by atoms with E-state index in [1.54, 1.807) is 36.7 Å². The Morgan fingerprint density at radius 3 is 2.53 bits per heavy atom. The summed E-state index contributed by atoms with van der Waals surface area (Å²) in [6, 6.07) is 14.6. The van der Waals surface area contributed by atoms with Crippen molar-refractivity contribution >= 4 is 20.7 Å². The van der Waals surface area contributed by atoms with Gasteiger partial charge in [0, 0.05) is 35.5 Å². The smallest absolute Gasteiger partial charge is 0.255 e. The molecule has 10 heteroatoms. The summed E-state index contributed by atoms with van der Waals surface area (Å²) in [5, 5.41) is 4.26. The Labute approximate surface area is 194 Å². The minimum absolute atomic E-state index is 0.121. The number of sulfone groups is 1. The fraction of sp³-hybridized carbons (Fsp3) is 0.0833. The van der Waals surface area contributed by atoms with Crippen molar-refractivity contribution in [1.82, 2.24) is 19.7 Å². The van der Waals surface area contributed by atoms with Crippen LogP contribution in [0, 0.1) is 0 Å². The first-order chi connectivity index (χ1) is 16.5. The third kappa shape index (κ3) is 3.95. The average Bonchev–Trinajstić information content (AvgIpc) is 3.36. The monoisotopic (exact) mass is 474 g/mol. The fourth-order valence-corrected chi connectivity index (χ4v) is 5.04. The molecule has 9 nitrogen and oxygen atoms in total. The normalized spacial score (nSPS) is 11.6. The maximum absolute atomic E-state index is 13.0. The Balaban J connectivity index is 1.66. The van der Waals surface area contributed by atoms with Crippen LogP contribution in [0.25, 0.3) is 27.7 Å². The zero-order chi connectivity index (χ0) is 23.7. The van der Waals surface area contributed by atoms with Gasteiger partial charge in [-0.05, 0) is 42.0 Å². The van der Waals surface area contributed by atoms with Crippen LogP contribution >= 0.6 is 0 Å². The number of fused-ring (bicyclic) bond motifs is 1. The van der Waals surface area contributed by atoms with Gasteiger partial charge in [-0.1, -0.05) is 11.2 Å². The molecule has 3 aromatic heterocycles. The molecule has 0 spiro atoms. The van der Waals surface area contributed by atoms with Gasteiger partial charge in [0.25, 0.3) is 5.56 Å². The predicted molar refractivity (Wildman–Crippen MR) is 125 cm³/mol. The highest BCUT2D eigenvalue weighted by atomic mass is 32.2. The van der Waals surface area contributed by atoms with Crippen LogP contribution in [0.1, 0.15) is 5.69 Å². The molecule has 2 aromatic carbocycles. The van der Waals surface area contributed by atoms with E-state index in [2.05, 4.69) is 15.1 Å². The average molecular weight is 474 g/mol. The van der Waals surface area contributed by atoms with Crippen LogP contribution in [0.3, 0.4) is 0 Å². The summed E-state index contributed by atoms with van der Waals surface area (Å²) in [7, 11) is -2.14. The van der Waals surface area contributed by atoms with Crippen molar-refractivity contribution < 1.29 is 17.7 Å². The van der Waals surface area contributed by atoms with E-state index < -0.39 is 9.84 Å². The van der Waals surface area contributed by atoms with Crippen LogP contribution in [0.4, 0.5) is 0 Å². The Morgan fingerprint density at radius 1 is 0.971 bits per heavy atom. The summed E-state index contributed by atoms with van der Waals surface area (Å²) in [6.07, 6.45) is 6.12. The Bertz CT molecular complexity index is 1650. The Kier molecular flexibility index (Phi) is 5.42. The molecule has 0 radical (unpaired) electrons. The lowest BCUT2D eigenvalue weighted by molar-refractivity contribution is 0.413. The molecule has 0 aliphatic carbocycles. The Morgan fingerprint density at radius 2 is 1.79 bits per heavy atom. The number of nitrogens with zero attached hydrogens (tertiary/aromatic N) is 4. The second-order valence-corrected chi connectivity index (χ2v) is 9.48. The molecular weight excluding hydrogens is 456 g/mol. The summed E-state index contributed by atoms with van der Waals surface area (Å²) < 4.78 is 37.5. The fourth-order valence-electron chi connectivity index (χ4n) is 3.75. The van der Waals surface area contributed by atoms with E-state index in [9.17, 15) is 13.2 Å². The topological polar surface area (TPSA) is 117 Å². The highest BCUT2D eigenvalue weighted by molar-refractivity contribution is 7.90. The Hall–Kier alpha value is -4.31. The largest absolute Gasteiger partial charge is 0.495 e. The van der Waals surface area contributed by atoms with Crippen molar-refractivity contribution in [1.29, 1.82) is 0 Å². The lowest BCUT2D eigenvalue weighted by Gasteiger charge is -2.16. The first kappa shape index (κ1) is 21.5. The van der Waals surface area contributed by atoms with Gasteiger partial charge >= 0.3 is 0 Å². The standard InChI is InChI=1S/C24H18N4O5S/c1-32-23-6-2-16(18-12-25-15-26-13-18)11-22(23)28-21-5-4-20(10-17(21)3-7-24(28)29)34(30,31)14-19-8-9-33-27-19/h2-13,15H,14H2,1H3. The van der Waals surface area contributed by atoms with Gasteiger partial charge in [0.2, 0.25) is 0 Å². The van der Waals surface area contributed by atoms with E-state index >= 15 is 0 Å². The zero-order valence-corrected chi connectivity index (χ0v) is 18.8. The van der Waals surface area contributed by atoms with Crippen LogP contribution in [0.2, 0.25) is 0 Å². The number of aromatic nitrogens is 4. The van der Waals surface area contributed by atoms with Gasteiger partial charge in [-0.15, -0.1) is 0 Å². The molecule has 0 saturated heterocycles. The molecule has 0 aliphatic rings. The van der Waals surface area contributed by atoms with Crippen molar-refractivity contribution in [2.24, 2.45) is 0 Å². The first-order valence-electron chi connectivity index (χ1n) is 10.2. The SMILES string of the molecule is COc1ccc(-c2cncnc2)cc1-n1c(=O)ccc2cc(S(=O)(=O)Cc3ccon3)ccc21. The molecule has 0 atom stereocenters. The van der Waals surface area contributed by atoms with Gasteiger partial charge in [-0.2, -0.15) is 0 Å². The maximum atomic E-state index is 13.0. The molecule has 0 amide bonds. The van der Waals surface area contributed by atoms with E-state index in [1.807, 2.05) is 12.1 Å². The minimum Gasteiger partial charge on any atom is -0.495 e. The molecule has 5 aromatic rings. The number of pyridine rings is 1. The van der Waals surface area contributed by atoms with Gasteiger partial charge in [-0.25, -0.2) is 18.4 Å². The van der Waals surface area contributed by atoms with E-state index in [-0.39, 0.29) is 16.2 Å². The molecule has 170 valence electrons. The number of methoxy groups -OCH3 is 1. The molecule has 0 aliphatic heterocycles. The molecule has 5 rings (SSSR count). The number of rotatable bonds is 6. The van der Waals surface area contributed by atoms with E-state index in [0.29, 0.717) is 28.0 Å². The predicted octanol–water partition coefficient (Wildman–Crippen LogP) is 3.42. The lowest BCUT2D eigenvalue weighted by atomic mass is 10.1.